The highest BCUT2D eigenvalue weighted by Gasteiger charge is 2.33. The summed E-state index contributed by atoms with van der Waals surface area (Å²) in [6, 6.07) is 0.233. The predicted octanol–water partition coefficient (Wildman–Crippen LogP) is 2.27. The van der Waals surface area contributed by atoms with Crippen LogP contribution in [0.15, 0.2) is 22.8 Å². The Balaban J connectivity index is 1.47. The third-order valence-electron chi connectivity index (χ3n) is 4.52. The molecule has 1 atom stereocenters. The number of aryl methyl sites for hydroxylation is 1. The second kappa shape index (κ2) is 8.80. The number of piperidine rings is 1. The quantitative estimate of drug-likeness (QED) is 0.579. The van der Waals surface area contributed by atoms with Gasteiger partial charge in [-0.3, -0.25) is 9.67 Å². The van der Waals surface area contributed by atoms with Gasteiger partial charge in [-0.25, -0.2) is 4.98 Å². The van der Waals surface area contributed by atoms with Crippen LogP contribution in [0.5, 0.6) is 0 Å². The van der Waals surface area contributed by atoms with Crippen LogP contribution < -0.4 is 15.5 Å². The Labute approximate surface area is 165 Å². The molecule has 28 heavy (non-hydrogen) atoms. The van der Waals surface area contributed by atoms with E-state index < -0.39 is 11.9 Å². The molecule has 7 nitrogen and oxygen atoms in total. The van der Waals surface area contributed by atoms with E-state index in [0.717, 1.165) is 48.3 Å². The van der Waals surface area contributed by atoms with E-state index in [9.17, 15) is 13.2 Å². The third-order valence-corrected chi connectivity index (χ3v) is 5.42. The maximum absolute atomic E-state index is 12.6. The van der Waals surface area contributed by atoms with Gasteiger partial charge in [0.2, 0.25) is 0 Å². The number of anilines is 1. The SMILES string of the molecule is CN=C(NCCc1nc(C(F)(F)F)cs1)NC1CCCN(c2cnn(C)c2)C1. The maximum atomic E-state index is 12.6. The van der Waals surface area contributed by atoms with Gasteiger partial charge < -0.3 is 15.5 Å². The summed E-state index contributed by atoms with van der Waals surface area (Å²) in [7, 11) is 3.58. The molecule has 11 heteroatoms. The number of halogens is 3. The average molecular weight is 415 g/mol. The van der Waals surface area contributed by atoms with Crippen molar-refractivity contribution in [2.24, 2.45) is 12.0 Å². The lowest BCUT2D eigenvalue weighted by Gasteiger charge is -2.34. The molecule has 1 saturated heterocycles. The number of rotatable bonds is 5. The van der Waals surface area contributed by atoms with Gasteiger partial charge in [0.15, 0.2) is 11.7 Å². The Morgan fingerprint density at radius 1 is 1.43 bits per heavy atom. The van der Waals surface area contributed by atoms with Crippen molar-refractivity contribution in [3.8, 4) is 0 Å². The van der Waals surface area contributed by atoms with Gasteiger partial charge >= 0.3 is 6.18 Å². The summed E-state index contributed by atoms with van der Waals surface area (Å²) < 4.78 is 39.6. The van der Waals surface area contributed by atoms with Crippen molar-refractivity contribution in [1.82, 2.24) is 25.4 Å². The Morgan fingerprint density at radius 3 is 2.89 bits per heavy atom. The molecule has 3 rings (SSSR count). The second-order valence-electron chi connectivity index (χ2n) is 6.67. The van der Waals surface area contributed by atoms with Crippen LogP contribution in [-0.2, 0) is 19.6 Å². The van der Waals surface area contributed by atoms with Crippen LogP contribution in [0.25, 0.3) is 0 Å². The van der Waals surface area contributed by atoms with Crippen LogP contribution in [0.2, 0.25) is 0 Å². The Kier molecular flexibility index (Phi) is 6.42. The largest absolute Gasteiger partial charge is 0.434 e. The van der Waals surface area contributed by atoms with Crippen LogP contribution in [0.1, 0.15) is 23.5 Å². The molecule has 2 N–H and O–H groups in total. The fourth-order valence-electron chi connectivity index (χ4n) is 3.13. The number of hydrogen-bond donors (Lipinski definition) is 2. The Bertz CT molecular complexity index is 799. The van der Waals surface area contributed by atoms with Gasteiger partial charge in [0.1, 0.15) is 0 Å². The highest BCUT2D eigenvalue weighted by Crippen LogP contribution is 2.30. The van der Waals surface area contributed by atoms with Gasteiger partial charge in [0, 0.05) is 57.8 Å². The van der Waals surface area contributed by atoms with Gasteiger partial charge in [-0.05, 0) is 12.8 Å². The summed E-state index contributed by atoms with van der Waals surface area (Å²) in [5.74, 6) is 0.644. The van der Waals surface area contributed by atoms with Crippen molar-refractivity contribution < 1.29 is 13.2 Å². The fraction of sp³-hybridized carbons (Fsp3) is 0.588. The normalized spacial score (nSPS) is 18.4. The molecule has 2 aromatic rings. The second-order valence-corrected chi connectivity index (χ2v) is 7.62. The van der Waals surface area contributed by atoms with Crippen molar-refractivity contribution in [3.63, 3.8) is 0 Å². The molecule has 0 aliphatic carbocycles. The first kappa shape index (κ1) is 20.4. The highest BCUT2D eigenvalue weighted by molar-refractivity contribution is 7.09. The monoisotopic (exact) mass is 415 g/mol. The number of nitrogens with zero attached hydrogens (tertiary/aromatic N) is 5. The fourth-order valence-corrected chi connectivity index (χ4v) is 3.94. The van der Waals surface area contributed by atoms with Crippen molar-refractivity contribution in [2.45, 2.75) is 31.5 Å². The molecule has 0 amide bonds. The van der Waals surface area contributed by atoms with E-state index in [4.69, 9.17) is 0 Å². The zero-order valence-electron chi connectivity index (χ0n) is 15.8. The van der Waals surface area contributed by atoms with Crippen LogP contribution in [0.4, 0.5) is 18.9 Å². The average Bonchev–Trinajstić information content (AvgIpc) is 3.30. The zero-order chi connectivity index (χ0) is 20.1. The molecular formula is C17H24F3N7S. The molecule has 1 fully saturated rings. The molecule has 0 aromatic carbocycles. The number of alkyl halides is 3. The lowest BCUT2D eigenvalue weighted by Crippen LogP contribution is -2.51. The van der Waals surface area contributed by atoms with Gasteiger partial charge in [0.25, 0.3) is 0 Å². The van der Waals surface area contributed by atoms with Crippen LogP contribution in [-0.4, -0.2) is 53.4 Å². The number of guanidine groups is 1. The van der Waals surface area contributed by atoms with E-state index in [2.05, 4.69) is 30.6 Å². The van der Waals surface area contributed by atoms with Gasteiger partial charge in [-0.1, -0.05) is 0 Å². The first-order valence-electron chi connectivity index (χ1n) is 9.07. The number of nitrogens with one attached hydrogen (secondary N) is 2. The first-order valence-corrected chi connectivity index (χ1v) is 9.95. The molecule has 0 radical (unpaired) electrons. The Hall–Kier alpha value is -2.30. The van der Waals surface area contributed by atoms with Crippen molar-refractivity contribution >= 4 is 23.0 Å². The molecule has 2 aromatic heterocycles. The number of thiazole rings is 1. The van der Waals surface area contributed by atoms with E-state index >= 15 is 0 Å². The molecule has 0 bridgehead atoms. The van der Waals surface area contributed by atoms with Crippen molar-refractivity contribution in [2.75, 3.05) is 31.6 Å². The first-order chi connectivity index (χ1) is 13.3. The highest BCUT2D eigenvalue weighted by atomic mass is 32.1. The number of hydrogen-bond acceptors (Lipinski definition) is 5. The zero-order valence-corrected chi connectivity index (χ0v) is 16.6. The van der Waals surface area contributed by atoms with Crippen LogP contribution >= 0.6 is 11.3 Å². The molecule has 0 saturated carbocycles. The lowest BCUT2D eigenvalue weighted by molar-refractivity contribution is -0.140. The van der Waals surface area contributed by atoms with Gasteiger partial charge in [-0.15, -0.1) is 11.3 Å². The lowest BCUT2D eigenvalue weighted by atomic mass is 10.1. The van der Waals surface area contributed by atoms with Gasteiger partial charge in [0.05, 0.1) is 16.9 Å². The molecule has 3 heterocycles. The number of aromatic nitrogens is 3. The van der Waals surface area contributed by atoms with E-state index in [1.165, 1.54) is 0 Å². The molecule has 1 aliphatic heterocycles. The van der Waals surface area contributed by atoms with Crippen molar-refractivity contribution in [1.29, 1.82) is 0 Å². The van der Waals surface area contributed by atoms with Crippen LogP contribution in [0.3, 0.4) is 0 Å². The topological polar surface area (TPSA) is 70.4 Å². The minimum Gasteiger partial charge on any atom is -0.367 e. The third kappa shape index (κ3) is 5.37. The molecular weight excluding hydrogens is 391 g/mol. The standard InChI is InChI=1S/C17H24F3N7S/c1-21-16(22-6-5-15-25-14(11-28-15)17(18,19)20)24-12-4-3-7-27(9-12)13-8-23-26(2)10-13/h8,10-12H,3-7,9H2,1-2H3,(H2,21,22,24). The number of aliphatic imine (C=N–C) groups is 1. The van der Waals surface area contributed by atoms with Crippen molar-refractivity contribution in [3.05, 3.63) is 28.5 Å². The van der Waals surface area contributed by atoms with E-state index in [1.807, 2.05) is 19.4 Å². The van der Waals surface area contributed by atoms with Crippen LogP contribution in [0, 0.1) is 0 Å². The summed E-state index contributed by atoms with van der Waals surface area (Å²) in [6.07, 6.45) is 1.97. The van der Waals surface area contributed by atoms with E-state index in [-0.39, 0.29) is 6.04 Å². The van der Waals surface area contributed by atoms with E-state index in [0.29, 0.717) is 23.9 Å². The summed E-state index contributed by atoms with van der Waals surface area (Å²) in [5, 5.41) is 12.3. The maximum Gasteiger partial charge on any atom is 0.434 e. The molecule has 1 aliphatic rings. The van der Waals surface area contributed by atoms with E-state index in [1.54, 1.807) is 11.7 Å². The predicted molar refractivity (Wildman–Crippen MR) is 104 cm³/mol. The minimum absolute atomic E-state index is 0.233. The molecule has 154 valence electrons. The molecule has 0 spiro atoms. The minimum atomic E-state index is -4.39. The summed E-state index contributed by atoms with van der Waals surface area (Å²) in [4.78, 5) is 10.2. The Morgan fingerprint density at radius 2 is 2.25 bits per heavy atom. The molecule has 1 unspecified atom stereocenters. The smallest absolute Gasteiger partial charge is 0.367 e. The van der Waals surface area contributed by atoms with Gasteiger partial charge in [-0.2, -0.15) is 18.3 Å². The summed E-state index contributed by atoms with van der Waals surface area (Å²) in [5.41, 5.74) is 0.272. The summed E-state index contributed by atoms with van der Waals surface area (Å²) in [6.45, 7) is 2.29. The summed E-state index contributed by atoms with van der Waals surface area (Å²) >= 11 is 1.03.